The molecule has 5 heteroatoms. The second kappa shape index (κ2) is 6.86. The Bertz CT molecular complexity index is 657. The van der Waals surface area contributed by atoms with Crippen LogP contribution in [0, 0.1) is 5.92 Å². The molecule has 1 heterocycles. The van der Waals surface area contributed by atoms with Crippen LogP contribution in [0.1, 0.15) is 37.7 Å². The summed E-state index contributed by atoms with van der Waals surface area (Å²) in [6.07, 6.45) is 7.40. The average Bonchev–Trinajstić information content (AvgIpc) is 2.97. The van der Waals surface area contributed by atoms with Gasteiger partial charge < -0.3 is 14.2 Å². The van der Waals surface area contributed by atoms with Gasteiger partial charge in [0.2, 0.25) is 5.90 Å². The molecule has 0 unspecified atom stereocenters. The van der Waals surface area contributed by atoms with Crippen LogP contribution in [-0.2, 0) is 9.53 Å². The van der Waals surface area contributed by atoms with Gasteiger partial charge in [-0.15, -0.1) is 0 Å². The van der Waals surface area contributed by atoms with E-state index in [1.807, 2.05) is 12.1 Å². The van der Waals surface area contributed by atoms with E-state index in [-0.39, 0.29) is 11.9 Å². The van der Waals surface area contributed by atoms with Crippen LogP contribution in [0.3, 0.4) is 0 Å². The maximum absolute atomic E-state index is 12.1. The highest BCUT2D eigenvalue weighted by Gasteiger charge is 2.30. The molecule has 1 aromatic rings. The summed E-state index contributed by atoms with van der Waals surface area (Å²) in [5, 5.41) is 0. The van der Waals surface area contributed by atoms with Gasteiger partial charge in [0.25, 0.3) is 0 Å². The number of benzene rings is 1. The van der Waals surface area contributed by atoms with Crippen LogP contribution >= 0.6 is 0 Å². The van der Waals surface area contributed by atoms with Crippen molar-refractivity contribution in [2.24, 2.45) is 10.9 Å². The Morgan fingerprint density at radius 3 is 2.65 bits per heavy atom. The van der Waals surface area contributed by atoms with E-state index >= 15 is 0 Å². The zero-order valence-electron chi connectivity index (χ0n) is 13.5. The maximum atomic E-state index is 12.1. The van der Waals surface area contributed by atoms with Crippen LogP contribution in [0.15, 0.2) is 28.9 Å². The number of nitrogens with zero attached hydrogens (tertiary/aromatic N) is 1. The van der Waals surface area contributed by atoms with Crippen molar-refractivity contribution in [2.45, 2.75) is 32.1 Å². The van der Waals surface area contributed by atoms with Gasteiger partial charge in [0.15, 0.2) is 5.70 Å². The first kappa shape index (κ1) is 15.6. The van der Waals surface area contributed by atoms with Crippen molar-refractivity contribution in [1.82, 2.24) is 0 Å². The first-order valence-electron chi connectivity index (χ1n) is 7.95. The molecule has 3 rings (SSSR count). The minimum absolute atomic E-state index is 0.274. The lowest BCUT2D eigenvalue weighted by molar-refractivity contribution is -0.130. The van der Waals surface area contributed by atoms with Gasteiger partial charge in [0.05, 0.1) is 14.2 Å². The summed E-state index contributed by atoms with van der Waals surface area (Å²) in [7, 11) is 3.18. The van der Waals surface area contributed by atoms with Crippen LogP contribution in [0.2, 0.25) is 0 Å². The molecule has 0 bridgehead atoms. The summed E-state index contributed by atoms with van der Waals surface area (Å²) in [4.78, 5) is 16.5. The SMILES string of the molecule is COc1ccc(C=C2N=C(C3CCCCC3)OC2=O)c(OC)c1. The second-order valence-electron chi connectivity index (χ2n) is 5.81. The Morgan fingerprint density at radius 1 is 1.17 bits per heavy atom. The van der Waals surface area contributed by atoms with Crippen molar-refractivity contribution < 1.29 is 19.0 Å². The summed E-state index contributed by atoms with van der Waals surface area (Å²) in [5.74, 6) is 1.79. The molecule has 0 N–H and O–H groups in total. The van der Waals surface area contributed by atoms with Gasteiger partial charge in [-0.2, -0.15) is 0 Å². The van der Waals surface area contributed by atoms with Gasteiger partial charge >= 0.3 is 5.97 Å². The van der Waals surface area contributed by atoms with Crippen LogP contribution in [0.25, 0.3) is 6.08 Å². The van der Waals surface area contributed by atoms with Gasteiger partial charge in [-0.05, 0) is 31.1 Å². The standard InChI is InChI=1S/C18H21NO4/c1-21-14-9-8-13(16(11-14)22-2)10-15-18(20)23-17(19-15)12-6-4-3-5-7-12/h8-12H,3-7H2,1-2H3. The van der Waals surface area contributed by atoms with E-state index in [0.717, 1.165) is 18.4 Å². The van der Waals surface area contributed by atoms with E-state index in [1.54, 1.807) is 26.4 Å². The fourth-order valence-corrected chi connectivity index (χ4v) is 3.03. The molecule has 1 aromatic carbocycles. The number of hydrogen-bond donors (Lipinski definition) is 0. The summed E-state index contributed by atoms with van der Waals surface area (Å²) in [5.41, 5.74) is 1.10. The summed E-state index contributed by atoms with van der Waals surface area (Å²) in [6, 6.07) is 5.44. The number of aliphatic imine (C=N–C) groups is 1. The molecular weight excluding hydrogens is 294 g/mol. The van der Waals surface area contributed by atoms with Gasteiger partial charge in [0, 0.05) is 17.5 Å². The van der Waals surface area contributed by atoms with Gasteiger partial charge in [-0.1, -0.05) is 19.3 Å². The monoisotopic (exact) mass is 315 g/mol. The van der Waals surface area contributed by atoms with Gasteiger partial charge in [-0.3, -0.25) is 0 Å². The normalized spacial score (nSPS) is 20.3. The van der Waals surface area contributed by atoms with Crippen LogP contribution in [-0.4, -0.2) is 26.1 Å². The summed E-state index contributed by atoms with van der Waals surface area (Å²) in [6.45, 7) is 0. The quantitative estimate of drug-likeness (QED) is 0.629. The molecule has 5 nitrogen and oxygen atoms in total. The Hall–Kier alpha value is -2.30. The van der Waals surface area contributed by atoms with Gasteiger partial charge in [0.1, 0.15) is 11.5 Å². The van der Waals surface area contributed by atoms with E-state index < -0.39 is 0 Å². The Kier molecular flexibility index (Phi) is 4.65. The third kappa shape index (κ3) is 3.38. The highest BCUT2D eigenvalue weighted by atomic mass is 16.6. The van der Waals surface area contributed by atoms with Gasteiger partial charge in [-0.25, -0.2) is 9.79 Å². The average molecular weight is 315 g/mol. The number of cyclic esters (lactones) is 1. The van der Waals surface area contributed by atoms with Crippen LogP contribution in [0.5, 0.6) is 11.5 Å². The number of hydrogen-bond acceptors (Lipinski definition) is 5. The van der Waals surface area contributed by atoms with E-state index in [9.17, 15) is 4.79 Å². The fraction of sp³-hybridized carbons (Fsp3) is 0.444. The number of esters is 1. The fourth-order valence-electron chi connectivity index (χ4n) is 3.03. The van der Waals surface area contributed by atoms with E-state index in [1.165, 1.54) is 19.3 Å². The third-order valence-electron chi connectivity index (χ3n) is 4.32. The third-order valence-corrected chi connectivity index (χ3v) is 4.32. The highest BCUT2D eigenvalue weighted by molar-refractivity contribution is 6.08. The van der Waals surface area contributed by atoms with Crippen LogP contribution < -0.4 is 9.47 Å². The minimum Gasteiger partial charge on any atom is -0.497 e. The number of ether oxygens (including phenoxy) is 3. The molecule has 0 amide bonds. The van der Waals surface area contributed by atoms with Crippen molar-refractivity contribution >= 4 is 17.9 Å². The number of methoxy groups -OCH3 is 2. The summed E-state index contributed by atoms with van der Waals surface area (Å²) >= 11 is 0. The maximum Gasteiger partial charge on any atom is 0.363 e. The Morgan fingerprint density at radius 2 is 1.96 bits per heavy atom. The Labute approximate surface area is 136 Å². The Balaban J connectivity index is 1.86. The number of rotatable bonds is 4. The molecule has 23 heavy (non-hydrogen) atoms. The lowest BCUT2D eigenvalue weighted by atomic mass is 9.89. The molecule has 1 fully saturated rings. The molecule has 0 spiro atoms. The predicted octanol–water partition coefficient (Wildman–Crippen LogP) is 3.58. The zero-order valence-corrected chi connectivity index (χ0v) is 13.5. The molecule has 122 valence electrons. The van der Waals surface area contributed by atoms with Crippen molar-refractivity contribution in [2.75, 3.05) is 14.2 Å². The molecule has 0 atom stereocenters. The molecule has 0 radical (unpaired) electrons. The topological polar surface area (TPSA) is 57.1 Å². The van der Waals surface area contributed by atoms with Crippen molar-refractivity contribution in [3.8, 4) is 11.5 Å². The van der Waals surface area contributed by atoms with Crippen molar-refractivity contribution in [3.05, 3.63) is 29.5 Å². The highest BCUT2D eigenvalue weighted by Crippen LogP contribution is 2.31. The van der Waals surface area contributed by atoms with Crippen molar-refractivity contribution in [3.63, 3.8) is 0 Å². The summed E-state index contributed by atoms with van der Waals surface area (Å²) < 4.78 is 15.9. The number of carbonyl (C=O) groups is 1. The van der Waals surface area contributed by atoms with Crippen LogP contribution in [0.4, 0.5) is 0 Å². The molecule has 1 saturated carbocycles. The van der Waals surface area contributed by atoms with E-state index in [4.69, 9.17) is 14.2 Å². The predicted molar refractivity (Wildman–Crippen MR) is 87.6 cm³/mol. The lowest BCUT2D eigenvalue weighted by Crippen LogP contribution is -2.19. The molecule has 1 aliphatic heterocycles. The minimum atomic E-state index is -0.386. The molecule has 2 aliphatic rings. The largest absolute Gasteiger partial charge is 0.497 e. The first-order valence-corrected chi connectivity index (χ1v) is 7.95. The number of carbonyl (C=O) groups excluding carboxylic acids is 1. The van der Waals surface area contributed by atoms with E-state index in [0.29, 0.717) is 23.1 Å². The van der Waals surface area contributed by atoms with Crippen molar-refractivity contribution in [1.29, 1.82) is 0 Å². The first-order chi connectivity index (χ1) is 11.2. The zero-order chi connectivity index (χ0) is 16.2. The molecule has 1 aliphatic carbocycles. The smallest absolute Gasteiger partial charge is 0.363 e. The van der Waals surface area contributed by atoms with E-state index in [2.05, 4.69) is 4.99 Å². The molecule has 0 aromatic heterocycles. The lowest BCUT2D eigenvalue weighted by Gasteiger charge is -2.19. The second-order valence-corrected chi connectivity index (χ2v) is 5.81. The molecule has 0 saturated heterocycles. The molecular formula is C18H21NO4.